The van der Waals surface area contributed by atoms with Gasteiger partial charge in [-0.15, -0.1) is 0 Å². The van der Waals surface area contributed by atoms with E-state index in [0.717, 1.165) is 18.2 Å². The fourth-order valence-electron chi connectivity index (χ4n) is 1.38. The molecule has 21 heavy (non-hydrogen) atoms. The largest absolute Gasteiger partial charge is 0.423 e. The van der Waals surface area contributed by atoms with Crippen LogP contribution in [0.1, 0.15) is 5.56 Å². The highest BCUT2D eigenvalue weighted by Crippen LogP contribution is 2.36. The van der Waals surface area contributed by atoms with Crippen LogP contribution in [-0.2, 0) is 11.3 Å². The van der Waals surface area contributed by atoms with Crippen molar-refractivity contribution in [1.82, 2.24) is 0 Å². The van der Waals surface area contributed by atoms with E-state index in [4.69, 9.17) is 5.73 Å². The SMILES string of the molecule is Nc1ccc([N+](=O)[O-])cc1COC(C(F)(F)F)C(F)(F)F. The maximum atomic E-state index is 12.2. The van der Waals surface area contributed by atoms with Crippen LogP contribution in [0.3, 0.4) is 0 Å². The molecule has 0 heterocycles. The Balaban J connectivity index is 2.96. The summed E-state index contributed by atoms with van der Waals surface area (Å²) in [4.78, 5) is 9.62. The molecule has 1 aromatic rings. The van der Waals surface area contributed by atoms with Crippen LogP contribution in [-0.4, -0.2) is 23.4 Å². The number of halogens is 6. The minimum atomic E-state index is -5.66. The highest BCUT2D eigenvalue weighted by Gasteiger charge is 2.58. The van der Waals surface area contributed by atoms with E-state index in [2.05, 4.69) is 4.74 Å². The number of nitro groups is 1. The summed E-state index contributed by atoms with van der Waals surface area (Å²) in [6, 6.07) is 2.70. The second kappa shape index (κ2) is 5.76. The Bertz CT molecular complexity index is 515. The number of ether oxygens (including phenoxy) is 1. The molecule has 0 bridgehead atoms. The van der Waals surface area contributed by atoms with Gasteiger partial charge in [0.1, 0.15) is 0 Å². The van der Waals surface area contributed by atoms with Gasteiger partial charge in [0.15, 0.2) is 0 Å². The number of alkyl halides is 6. The van der Waals surface area contributed by atoms with Crippen LogP contribution in [0.15, 0.2) is 18.2 Å². The van der Waals surface area contributed by atoms with Gasteiger partial charge >= 0.3 is 12.4 Å². The first kappa shape index (κ1) is 17.0. The van der Waals surface area contributed by atoms with Gasteiger partial charge in [-0.2, -0.15) is 26.3 Å². The summed E-state index contributed by atoms with van der Waals surface area (Å²) in [6.07, 6.45) is -15.3. The lowest BCUT2D eigenvalue weighted by Crippen LogP contribution is -2.44. The molecule has 0 saturated carbocycles. The molecule has 0 amide bonds. The molecule has 0 aromatic heterocycles. The lowest BCUT2D eigenvalue weighted by molar-refractivity contribution is -0.385. The van der Waals surface area contributed by atoms with Crippen molar-refractivity contribution in [2.24, 2.45) is 0 Å². The first-order valence-electron chi connectivity index (χ1n) is 5.20. The van der Waals surface area contributed by atoms with Crippen LogP contribution in [0.4, 0.5) is 37.7 Å². The van der Waals surface area contributed by atoms with E-state index in [1.54, 1.807) is 0 Å². The molecule has 0 unspecified atom stereocenters. The molecule has 5 nitrogen and oxygen atoms in total. The van der Waals surface area contributed by atoms with E-state index in [-0.39, 0.29) is 11.3 Å². The fourth-order valence-corrected chi connectivity index (χ4v) is 1.38. The standard InChI is InChI=1S/C10H8F6N2O3/c11-9(12,13)8(10(14,15)16)21-4-5-3-6(18(19)20)1-2-7(5)17/h1-3,8H,4,17H2. The molecule has 0 aliphatic rings. The molecule has 0 aliphatic heterocycles. The Kier molecular flexibility index (Phi) is 4.66. The zero-order chi connectivity index (χ0) is 16.4. The Morgan fingerprint density at radius 2 is 1.71 bits per heavy atom. The minimum absolute atomic E-state index is 0.219. The predicted octanol–water partition coefficient (Wildman–Crippen LogP) is 3.19. The first-order chi connectivity index (χ1) is 9.43. The molecule has 0 atom stereocenters. The number of rotatable bonds is 4. The minimum Gasteiger partial charge on any atom is -0.398 e. The highest BCUT2D eigenvalue weighted by atomic mass is 19.4. The number of hydrogen-bond acceptors (Lipinski definition) is 4. The van der Waals surface area contributed by atoms with Crippen molar-refractivity contribution in [3.8, 4) is 0 Å². The van der Waals surface area contributed by atoms with Gasteiger partial charge < -0.3 is 10.5 Å². The third-order valence-corrected chi connectivity index (χ3v) is 2.34. The van der Waals surface area contributed by atoms with Gasteiger partial charge in [-0.3, -0.25) is 10.1 Å². The summed E-state index contributed by atoms with van der Waals surface area (Å²) < 4.78 is 77.3. The molecule has 2 N–H and O–H groups in total. The van der Waals surface area contributed by atoms with E-state index in [9.17, 15) is 36.5 Å². The van der Waals surface area contributed by atoms with E-state index in [0.29, 0.717) is 0 Å². The zero-order valence-electron chi connectivity index (χ0n) is 10.0. The molecule has 0 spiro atoms. The topological polar surface area (TPSA) is 78.4 Å². The van der Waals surface area contributed by atoms with Gasteiger partial charge in [-0.25, -0.2) is 0 Å². The molecule has 0 saturated heterocycles. The van der Waals surface area contributed by atoms with Crippen LogP contribution in [0, 0.1) is 10.1 Å². The van der Waals surface area contributed by atoms with Crippen molar-refractivity contribution < 1.29 is 36.0 Å². The predicted molar refractivity (Wildman–Crippen MR) is 58.2 cm³/mol. The van der Waals surface area contributed by atoms with Crippen LogP contribution in [0.2, 0.25) is 0 Å². The summed E-state index contributed by atoms with van der Waals surface area (Å²) in [6.45, 7) is -1.17. The van der Waals surface area contributed by atoms with Crippen molar-refractivity contribution in [2.45, 2.75) is 25.1 Å². The van der Waals surface area contributed by atoms with Crippen molar-refractivity contribution in [2.75, 3.05) is 5.73 Å². The van der Waals surface area contributed by atoms with Crippen LogP contribution in [0.25, 0.3) is 0 Å². The smallest absolute Gasteiger partial charge is 0.398 e. The van der Waals surface area contributed by atoms with Gasteiger partial charge in [0, 0.05) is 23.4 Å². The highest BCUT2D eigenvalue weighted by molar-refractivity contribution is 5.52. The number of nitrogen functional groups attached to an aromatic ring is 1. The number of non-ortho nitro benzene ring substituents is 1. The van der Waals surface area contributed by atoms with Gasteiger partial charge in [0.2, 0.25) is 6.10 Å². The van der Waals surface area contributed by atoms with E-state index in [1.165, 1.54) is 0 Å². The van der Waals surface area contributed by atoms with Gasteiger partial charge in [0.05, 0.1) is 11.5 Å². The molecule has 11 heteroatoms. The fraction of sp³-hybridized carbons (Fsp3) is 0.400. The van der Waals surface area contributed by atoms with Crippen molar-refractivity contribution in [3.63, 3.8) is 0 Å². The number of nitrogens with two attached hydrogens (primary N) is 1. The first-order valence-corrected chi connectivity index (χ1v) is 5.20. The Hall–Kier alpha value is -2.04. The number of benzene rings is 1. The summed E-state index contributed by atoms with van der Waals surface area (Å²) in [5, 5.41) is 10.5. The quantitative estimate of drug-likeness (QED) is 0.400. The third-order valence-electron chi connectivity index (χ3n) is 2.34. The molecule has 118 valence electrons. The second-order valence-electron chi connectivity index (χ2n) is 3.91. The molecular formula is C10H8F6N2O3. The monoisotopic (exact) mass is 318 g/mol. The molecule has 0 aliphatic carbocycles. The molecule has 1 rings (SSSR count). The average molecular weight is 318 g/mol. The Morgan fingerprint density at radius 1 is 1.19 bits per heavy atom. The van der Waals surface area contributed by atoms with E-state index < -0.39 is 35.7 Å². The van der Waals surface area contributed by atoms with E-state index >= 15 is 0 Å². The second-order valence-corrected chi connectivity index (χ2v) is 3.91. The van der Waals surface area contributed by atoms with E-state index in [1.807, 2.05) is 0 Å². The molecular weight excluding hydrogens is 310 g/mol. The van der Waals surface area contributed by atoms with Gasteiger partial charge in [-0.1, -0.05) is 0 Å². The summed E-state index contributed by atoms with van der Waals surface area (Å²) in [5.74, 6) is 0. The van der Waals surface area contributed by atoms with Crippen LogP contribution >= 0.6 is 0 Å². The summed E-state index contributed by atoms with van der Waals surface area (Å²) in [5.41, 5.74) is 4.24. The zero-order valence-corrected chi connectivity index (χ0v) is 10.0. The Labute approximate surface area is 113 Å². The maximum absolute atomic E-state index is 12.2. The van der Waals surface area contributed by atoms with Crippen molar-refractivity contribution in [3.05, 3.63) is 33.9 Å². The lowest BCUT2D eigenvalue weighted by atomic mass is 10.1. The van der Waals surface area contributed by atoms with Crippen LogP contribution < -0.4 is 5.73 Å². The van der Waals surface area contributed by atoms with Gasteiger partial charge in [-0.05, 0) is 6.07 Å². The lowest BCUT2D eigenvalue weighted by Gasteiger charge is -2.23. The molecule has 1 aromatic carbocycles. The summed E-state index contributed by atoms with van der Waals surface area (Å²) >= 11 is 0. The van der Waals surface area contributed by atoms with Gasteiger partial charge in [0.25, 0.3) is 5.69 Å². The maximum Gasteiger partial charge on any atom is 0.423 e. The Morgan fingerprint density at radius 3 is 2.14 bits per heavy atom. The number of nitro benzene ring substituents is 1. The van der Waals surface area contributed by atoms with Crippen LogP contribution in [0.5, 0.6) is 0 Å². The number of hydrogen-bond donors (Lipinski definition) is 1. The number of anilines is 1. The summed E-state index contributed by atoms with van der Waals surface area (Å²) in [7, 11) is 0. The average Bonchev–Trinajstić information content (AvgIpc) is 2.27. The normalized spacial score (nSPS) is 12.7. The third kappa shape index (κ3) is 4.48. The molecule has 0 fully saturated rings. The van der Waals surface area contributed by atoms with Crippen molar-refractivity contribution in [1.29, 1.82) is 0 Å². The molecule has 0 radical (unpaired) electrons. The van der Waals surface area contributed by atoms with Crippen molar-refractivity contribution >= 4 is 11.4 Å². The number of nitrogens with zero attached hydrogens (tertiary/aromatic N) is 1.